The van der Waals surface area contributed by atoms with E-state index >= 15 is 0 Å². The second-order valence-electron chi connectivity index (χ2n) is 2.76. The van der Waals surface area contributed by atoms with Gasteiger partial charge < -0.3 is 10.8 Å². The number of nitrogens with two attached hydrogens (primary N) is 1. The number of nitrogens with zero attached hydrogens (tertiary/aromatic N) is 2. The third-order valence-corrected chi connectivity index (χ3v) is 1.45. The van der Waals surface area contributed by atoms with Gasteiger partial charge in [-0.15, -0.1) is 0 Å². The molecule has 14 heavy (non-hydrogen) atoms. The van der Waals surface area contributed by atoms with Crippen molar-refractivity contribution in [1.82, 2.24) is 9.97 Å². The molecule has 6 heteroatoms. The van der Waals surface area contributed by atoms with Gasteiger partial charge >= 0.3 is 5.97 Å². The smallest absolute Gasteiger partial charge is 0.354 e. The van der Waals surface area contributed by atoms with Gasteiger partial charge in [-0.3, -0.25) is 4.79 Å². The van der Waals surface area contributed by atoms with Crippen LogP contribution in [-0.4, -0.2) is 27.0 Å². The molecular formula is C8H9N3O3. The third kappa shape index (κ3) is 2.51. The minimum Gasteiger partial charge on any atom is -0.477 e. The molecule has 74 valence electrons. The summed E-state index contributed by atoms with van der Waals surface area (Å²) in [6.45, 7) is 1.62. The SMILES string of the molecule is Cc1cc(C(=O)O)nc(CC(N)=O)n1. The van der Waals surface area contributed by atoms with Gasteiger partial charge in [-0.2, -0.15) is 0 Å². The Morgan fingerprint density at radius 2 is 2.14 bits per heavy atom. The van der Waals surface area contributed by atoms with Gasteiger partial charge in [0.05, 0.1) is 6.42 Å². The summed E-state index contributed by atoms with van der Waals surface area (Å²) in [6, 6.07) is 1.33. The van der Waals surface area contributed by atoms with Crippen molar-refractivity contribution in [3.8, 4) is 0 Å². The number of rotatable bonds is 3. The predicted octanol–water partition coefficient (Wildman–Crippen LogP) is -0.489. The molecule has 0 radical (unpaired) electrons. The van der Waals surface area contributed by atoms with E-state index in [2.05, 4.69) is 9.97 Å². The van der Waals surface area contributed by atoms with Crippen LogP contribution >= 0.6 is 0 Å². The van der Waals surface area contributed by atoms with Crippen molar-refractivity contribution in [3.05, 3.63) is 23.3 Å². The van der Waals surface area contributed by atoms with Gasteiger partial charge in [0.1, 0.15) is 5.82 Å². The number of hydrogen-bond acceptors (Lipinski definition) is 4. The highest BCUT2D eigenvalue weighted by Crippen LogP contribution is 2.01. The average molecular weight is 195 g/mol. The zero-order valence-electron chi connectivity index (χ0n) is 7.52. The van der Waals surface area contributed by atoms with Crippen LogP contribution in [0.5, 0.6) is 0 Å². The molecule has 0 aliphatic carbocycles. The van der Waals surface area contributed by atoms with Gasteiger partial charge in [0.2, 0.25) is 5.91 Å². The number of carboxylic acids is 1. The lowest BCUT2D eigenvalue weighted by Crippen LogP contribution is -2.17. The van der Waals surface area contributed by atoms with Crippen molar-refractivity contribution < 1.29 is 14.7 Å². The Hall–Kier alpha value is -1.98. The van der Waals surface area contributed by atoms with E-state index < -0.39 is 11.9 Å². The number of carbonyl (C=O) groups excluding carboxylic acids is 1. The zero-order chi connectivity index (χ0) is 10.7. The maximum Gasteiger partial charge on any atom is 0.354 e. The summed E-state index contributed by atoms with van der Waals surface area (Å²) in [5.41, 5.74) is 5.30. The molecule has 1 heterocycles. The largest absolute Gasteiger partial charge is 0.477 e. The lowest BCUT2D eigenvalue weighted by atomic mass is 10.3. The minimum atomic E-state index is -1.15. The normalized spacial score (nSPS) is 9.79. The summed E-state index contributed by atoms with van der Waals surface area (Å²) in [5.74, 6) is -1.61. The number of carboxylic acid groups (broad SMARTS) is 1. The number of carbonyl (C=O) groups is 2. The number of hydrogen-bond donors (Lipinski definition) is 2. The Morgan fingerprint density at radius 3 is 2.64 bits per heavy atom. The molecule has 0 saturated heterocycles. The molecule has 1 amide bonds. The molecule has 0 aromatic carbocycles. The number of aryl methyl sites for hydroxylation is 1. The molecule has 0 bridgehead atoms. The van der Waals surface area contributed by atoms with E-state index in [0.717, 1.165) is 0 Å². The maximum atomic E-state index is 10.6. The highest BCUT2D eigenvalue weighted by Gasteiger charge is 2.09. The highest BCUT2D eigenvalue weighted by molar-refractivity contribution is 5.85. The Labute approximate surface area is 79.8 Å². The van der Waals surface area contributed by atoms with Gasteiger partial charge in [0, 0.05) is 5.69 Å². The molecule has 0 aliphatic heterocycles. The van der Waals surface area contributed by atoms with E-state index in [1.807, 2.05) is 0 Å². The second kappa shape index (κ2) is 3.82. The molecule has 1 rings (SSSR count). The summed E-state index contributed by atoms with van der Waals surface area (Å²) < 4.78 is 0. The Morgan fingerprint density at radius 1 is 1.50 bits per heavy atom. The van der Waals surface area contributed by atoms with E-state index in [4.69, 9.17) is 10.8 Å². The van der Waals surface area contributed by atoms with Crippen molar-refractivity contribution in [2.24, 2.45) is 5.73 Å². The topological polar surface area (TPSA) is 106 Å². The average Bonchev–Trinajstić information content (AvgIpc) is 2.01. The zero-order valence-corrected chi connectivity index (χ0v) is 7.52. The molecule has 0 atom stereocenters. The number of aromatic nitrogens is 2. The standard InChI is InChI=1S/C8H9N3O3/c1-4-2-5(8(13)14)11-7(10-4)3-6(9)12/h2H,3H2,1H3,(H2,9,12)(H,13,14). The van der Waals surface area contributed by atoms with Crippen molar-refractivity contribution >= 4 is 11.9 Å². The summed E-state index contributed by atoms with van der Waals surface area (Å²) in [5, 5.41) is 8.66. The Kier molecular flexibility index (Phi) is 2.76. The van der Waals surface area contributed by atoms with Gasteiger partial charge in [-0.05, 0) is 13.0 Å². The third-order valence-electron chi connectivity index (χ3n) is 1.45. The summed E-state index contributed by atoms with van der Waals surface area (Å²) in [7, 11) is 0. The van der Waals surface area contributed by atoms with Crippen molar-refractivity contribution in [1.29, 1.82) is 0 Å². The first kappa shape index (κ1) is 10.1. The Bertz CT molecular complexity index is 389. The molecule has 6 nitrogen and oxygen atoms in total. The monoisotopic (exact) mass is 195 g/mol. The second-order valence-corrected chi connectivity index (χ2v) is 2.76. The fourth-order valence-electron chi connectivity index (χ4n) is 0.974. The highest BCUT2D eigenvalue weighted by atomic mass is 16.4. The lowest BCUT2D eigenvalue weighted by Gasteiger charge is -2.00. The van der Waals surface area contributed by atoms with E-state index in [1.54, 1.807) is 6.92 Å². The fourth-order valence-corrected chi connectivity index (χ4v) is 0.974. The molecule has 1 aromatic heterocycles. The van der Waals surface area contributed by atoms with Crippen LogP contribution in [0.1, 0.15) is 22.0 Å². The maximum absolute atomic E-state index is 10.6. The van der Waals surface area contributed by atoms with Crippen molar-refractivity contribution in [3.63, 3.8) is 0 Å². The quantitative estimate of drug-likeness (QED) is 0.676. The van der Waals surface area contributed by atoms with E-state index in [0.29, 0.717) is 5.69 Å². The van der Waals surface area contributed by atoms with Gasteiger partial charge in [-0.25, -0.2) is 14.8 Å². The van der Waals surface area contributed by atoms with Crippen LogP contribution in [0.25, 0.3) is 0 Å². The molecule has 0 spiro atoms. The van der Waals surface area contributed by atoms with Gasteiger partial charge in [0.25, 0.3) is 0 Å². The first-order valence-corrected chi connectivity index (χ1v) is 3.85. The number of aromatic carboxylic acids is 1. The first-order chi connectivity index (χ1) is 6.49. The van der Waals surface area contributed by atoms with E-state index in [9.17, 15) is 9.59 Å². The lowest BCUT2D eigenvalue weighted by molar-refractivity contribution is -0.117. The van der Waals surface area contributed by atoms with Crippen LogP contribution in [0.15, 0.2) is 6.07 Å². The molecular weight excluding hydrogens is 186 g/mol. The molecule has 0 saturated carbocycles. The number of primary amides is 1. The molecule has 0 aliphatic rings. The van der Waals surface area contributed by atoms with Crippen molar-refractivity contribution in [2.45, 2.75) is 13.3 Å². The van der Waals surface area contributed by atoms with Crippen LogP contribution in [0.3, 0.4) is 0 Å². The van der Waals surface area contributed by atoms with Crippen LogP contribution in [0, 0.1) is 6.92 Å². The van der Waals surface area contributed by atoms with Crippen LogP contribution in [0.4, 0.5) is 0 Å². The molecule has 0 unspecified atom stereocenters. The minimum absolute atomic E-state index is 0.131. The van der Waals surface area contributed by atoms with Crippen LogP contribution in [-0.2, 0) is 11.2 Å². The van der Waals surface area contributed by atoms with Crippen LogP contribution < -0.4 is 5.73 Å². The molecule has 0 fully saturated rings. The molecule has 1 aromatic rings. The first-order valence-electron chi connectivity index (χ1n) is 3.85. The Balaban J connectivity index is 3.07. The predicted molar refractivity (Wildman–Crippen MR) is 46.6 cm³/mol. The number of amides is 1. The van der Waals surface area contributed by atoms with Crippen molar-refractivity contribution in [2.75, 3.05) is 0 Å². The van der Waals surface area contributed by atoms with Crippen LogP contribution in [0.2, 0.25) is 0 Å². The molecule has 3 N–H and O–H groups in total. The summed E-state index contributed by atoms with van der Waals surface area (Å²) in [6.07, 6.45) is -0.151. The van der Waals surface area contributed by atoms with E-state index in [1.165, 1.54) is 6.07 Å². The van der Waals surface area contributed by atoms with E-state index in [-0.39, 0.29) is 17.9 Å². The van der Waals surface area contributed by atoms with Gasteiger partial charge in [0.15, 0.2) is 5.69 Å². The summed E-state index contributed by atoms with van der Waals surface area (Å²) >= 11 is 0. The fraction of sp³-hybridized carbons (Fsp3) is 0.250. The van der Waals surface area contributed by atoms with Gasteiger partial charge in [-0.1, -0.05) is 0 Å². The summed E-state index contributed by atoms with van der Waals surface area (Å²) in [4.78, 5) is 28.7.